The summed E-state index contributed by atoms with van der Waals surface area (Å²) < 4.78 is 5.38. The first kappa shape index (κ1) is 27.6. The number of benzene rings is 3. The van der Waals surface area contributed by atoms with Gasteiger partial charge in [0.2, 0.25) is 11.8 Å². The van der Waals surface area contributed by atoms with Gasteiger partial charge in [0.1, 0.15) is 11.8 Å². The van der Waals surface area contributed by atoms with Crippen LogP contribution in [0.15, 0.2) is 72.8 Å². The number of carbonyl (C=O) groups is 2. The lowest BCUT2D eigenvalue weighted by molar-refractivity contribution is -0.140. The molecule has 0 saturated carbocycles. The Morgan fingerprint density at radius 3 is 2.28 bits per heavy atom. The van der Waals surface area contributed by atoms with E-state index in [2.05, 4.69) is 5.32 Å². The minimum Gasteiger partial charge on any atom is -0.497 e. The largest absolute Gasteiger partial charge is 0.497 e. The van der Waals surface area contributed by atoms with Crippen LogP contribution in [0, 0.1) is 5.92 Å². The number of nitrogens with one attached hydrogen (secondary N) is 1. The van der Waals surface area contributed by atoms with Gasteiger partial charge in [0.15, 0.2) is 0 Å². The molecule has 2 amide bonds. The predicted octanol–water partition coefficient (Wildman–Crippen LogP) is 5.96. The summed E-state index contributed by atoms with van der Waals surface area (Å²) in [6.45, 7) is 4.86. The Balaban J connectivity index is 1.98. The molecule has 3 aromatic carbocycles. The van der Waals surface area contributed by atoms with Gasteiger partial charge in [-0.1, -0.05) is 85.6 Å². The summed E-state index contributed by atoms with van der Waals surface area (Å²) in [4.78, 5) is 28.9. The number of halogens is 2. The fraction of sp³-hybridized carbons (Fsp3) is 0.310. The van der Waals surface area contributed by atoms with Crippen LogP contribution in [0.2, 0.25) is 10.0 Å². The van der Waals surface area contributed by atoms with Crippen LogP contribution < -0.4 is 10.1 Å². The van der Waals surface area contributed by atoms with E-state index in [1.54, 1.807) is 30.2 Å². The molecule has 0 heterocycles. The summed E-state index contributed by atoms with van der Waals surface area (Å²) in [5.41, 5.74) is 2.57. The predicted molar refractivity (Wildman–Crippen MR) is 145 cm³/mol. The van der Waals surface area contributed by atoms with Gasteiger partial charge in [-0.05, 0) is 46.9 Å². The van der Waals surface area contributed by atoms with Crippen LogP contribution in [0.4, 0.5) is 0 Å². The third-order valence-electron chi connectivity index (χ3n) is 5.78. The summed E-state index contributed by atoms with van der Waals surface area (Å²) in [5.74, 6) is 0.605. The zero-order chi connectivity index (χ0) is 26.1. The van der Waals surface area contributed by atoms with Gasteiger partial charge in [-0.25, -0.2) is 0 Å². The molecule has 3 rings (SSSR count). The monoisotopic (exact) mass is 526 g/mol. The number of amides is 2. The maximum Gasteiger partial charge on any atom is 0.243 e. The third-order valence-corrected chi connectivity index (χ3v) is 6.52. The molecule has 0 spiro atoms. The van der Waals surface area contributed by atoms with E-state index in [4.69, 9.17) is 27.9 Å². The molecule has 0 saturated heterocycles. The molecule has 0 unspecified atom stereocenters. The summed E-state index contributed by atoms with van der Waals surface area (Å²) in [5, 5.41) is 3.84. The molecule has 0 fully saturated rings. The van der Waals surface area contributed by atoms with Crippen molar-refractivity contribution in [2.24, 2.45) is 5.92 Å². The molecule has 0 bridgehead atoms. The molecular formula is C29H32Cl2N2O3. The number of methoxy groups -OCH3 is 1. The van der Waals surface area contributed by atoms with Crippen molar-refractivity contribution in [2.45, 2.75) is 39.3 Å². The highest BCUT2D eigenvalue weighted by Gasteiger charge is 2.30. The first-order valence-corrected chi connectivity index (χ1v) is 12.7. The van der Waals surface area contributed by atoms with Crippen LogP contribution in [-0.4, -0.2) is 36.4 Å². The maximum absolute atomic E-state index is 13.8. The van der Waals surface area contributed by atoms with Crippen LogP contribution in [0.3, 0.4) is 0 Å². The number of nitrogens with zero attached hydrogens (tertiary/aromatic N) is 1. The summed E-state index contributed by atoms with van der Waals surface area (Å²) in [7, 11) is 1.60. The van der Waals surface area contributed by atoms with Crippen molar-refractivity contribution in [3.05, 3.63) is 99.5 Å². The molecule has 0 radical (unpaired) electrons. The minimum absolute atomic E-state index is 0.0869. The Hall–Kier alpha value is -3.02. The van der Waals surface area contributed by atoms with Crippen LogP contribution in [0.1, 0.15) is 30.5 Å². The fourth-order valence-electron chi connectivity index (χ4n) is 3.87. The summed E-state index contributed by atoms with van der Waals surface area (Å²) in [6, 6.07) is 21.7. The van der Waals surface area contributed by atoms with Gasteiger partial charge >= 0.3 is 0 Å². The van der Waals surface area contributed by atoms with Gasteiger partial charge in [0, 0.05) is 19.5 Å². The molecule has 190 valence electrons. The van der Waals surface area contributed by atoms with Gasteiger partial charge < -0.3 is 15.0 Å². The van der Waals surface area contributed by atoms with E-state index < -0.39 is 6.04 Å². The van der Waals surface area contributed by atoms with E-state index in [9.17, 15) is 9.59 Å². The minimum atomic E-state index is -0.701. The second kappa shape index (κ2) is 13.3. The summed E-state index contributed by atoms with van der Waals surface area (Å²) in [6.07, 6.45) is 0.478. The zero-order valence-electron chi connectivity index (χ0n) is 20.8. The highest BCUT2D eigenvalue weighted by molar-refractivity contribution is 6.42. The van der Waals surface area contributed by atoms with E-state index in [0.29, 0.717) is 28.8 Å². The summed E-state index contributed by atoms with van der Waals surface area (Å²) >= 11 is 12.3. The maximum atomic E-state index is 13.8. The smallest absolute Gasteiger partial charge is 0.243 e. The lowest BCUT2D eigenvalue weighted by atomic mass is 10.0. The average molecular weight is 527 g/mol. The number of rotatable bonds is 11. The molecule has 0 aliphatic heterocycles. The molecule has 36 heavy (non-hydrogen) atoms. The molecule has 5 nitrogen and oxygen atoms in total. The Kier molecular flexibility index (Phi) is 10.2. The normalized spacial score (nSPS) is 11.7. The van der Waals surface area contributed by atoms with Crippen LogP contribution >= 0.6 is 23.2 Å². The van der Waals surface area contributed by atoms with E-state index in [-0.39, 0.29) is 30.7 Å². The second-order valence-corrected chi connectivity index (χ2v) is 9.96. The van der Waals surface area contributed by atoms with Crippen LogP contribution in [0.5, 0.6) is 5.75 Å². The average Bonchev–Trinajstić information content (AvgIpc) is 2.87. The van der Waals surface area contributed by atoms with Crippen LogP contribution in [0.25, 0.3) is 0 Å². The van der Waals surface area contributed by atoms with E-state index >= 15 is 0 Å². The van der Waals surface area contributed by atoms with E-state index in [1.165, 1.54) is 0 Å². The molecule has 0 aromatic heterocycles. The molecule has 0 aliphatic carbocycles. The van der Waals surface area contributed by atoms with Gasteiger partial charge in [-0.15, -0.1) is 0 Å². The Bertz CT molecular complexity index is 1170. The van der Waals surface area contributed by atoms with Gasteiger partial charge in [0.25, 0.3) is 0 Å². The fourth-order valence-corrected chi connectivity index (χ4v) is 4.19. The topological polar surface area (TPSA) is 58.6 Å². The highest BCUT2D eigenvalue weighted by atomic mass is 35.5. The number of hydrogen-bond donors (Lipinski definition) is 1. The Morgan fingerprint density at radius 1 is 0.889 bits per heavy atom. The van der Waals surface area contributed by atoms with Crippen molar-refractivity contribution in [1.29, 1.82) is 0 Å². The van der Waals surface area contributed by atoms with Crippen molar-refractivity contribution < 1.29 is 14.3 Å². The standard InChI is InChI=1S/C29H32Cl2N2O3/c1-20(2)18-32-29(35)27(16-21-8-5-4-6-9-21)33(19-23-10-7-11-24(14-23)36-3)28(34)17-22-12-13-25(30)26(31)15-22/h4-15,20,27H,16-19H2,1-3H3,(H,32,35)/t27-/m1/s1. The molecule has 3 aromatic rings. The number of carbonyl (C=O) groups excluding carboxylic acids is 2. The second-order valence-electron chi connectivity index (χ2n) is 9.14. The van der Waals surface area contributed by atoms with Crippen LogP contribution in [-0.2, 0) is 29.0 Å². The third kappa shape index (κ3) is 8.00. The molecule has 0 aliphatic rings. The van der Waals surface area contributed by atoms with Crippen molar-refractivity contribution >= 4 is 35.0 Å². The highest BCUT2D eigenvalue weighted by Crippen LogP contribution is 2.24. The lowest BCUT2D eigenvalue weighted by Gasteiger charge is -2.32. The lowest BCUT2D eigenvalue weighted by Crippen LogP contribution is -2.51. The van der Waals surface area contributed by atoms with Crippen molar-refractivity contribution in [2.75, 3.05) is 13.7 Å². The number of hydrogen-bond acceptors (Lipinski definition) is 3. The molecule has 1 N–H and O–H groups in total. The zero-order valence-corrected chi connectivity index (χ0v) is 22.4. The first-order valence-electron chi connectivity index (χ1n) is 11.9. The Morgan fingerprint density at radius 2 is 1.61 bits per heavy atom. The van der Waals surface area contributed by atoms with E-state index in [1.807, 2.05) is 68.4 Å². The van der Waals surface area contributed by atoms with Gasteiger partial charge in [-0.2, -0.15) is 0 Å². The van der Waals surface area contributed by atoms with Gasteiger partial charge in [0.05, 0.1) is 23.6 Å². The quantitative estimate of drug-likeness (QED) is 0.335. The van der Waals surface area contributed by atoms with Crippen molar-refractivity contribution in [3.8, 4) is 5.75 Å². The van der Waals surface area contributed by atoms with Crippen molar-refractivity contribution in [3.63, 3.8) is 0 Å². The van der Waals surface area contributed by atoms with Gasteiger partial charge in [-0.3, -0.25) is 9.59 Å². The Labute approximate surface area is 223 Å². The molecule has 1 atom stereocenters. The molecular weight excluding hydrogens is 495 g/mol. The molecule has 7 heteroatoms. The van der Waals surface area contributed by atoms with Crippen molar-refractivity contribution in [1.82, 2.24) is 10.2 Å². The van der Waals surface area contributed by atoms with E-state index in [0.717, 1.165) is 16.7 Å². The SMILES string of the molecule is COc1cccc(CN(C(=O)Cc2ccc(Cl)c(Cl)c2)[C@H](Cc2ccccc2)C(=O)NCC(C)C)c1. The first-order chi connectivity index (χ1) is 17.3. The number of ether oxygens (including phenoxy) is 1.